The van der Waals surface area contributed by atoms with Crippen LogP contribution >= 0.6 is 11.6 Å². The third kappa shape index (κ3) is 5.14. The number of aliphatic carboxylic acids is 1. The Hall–Kier alpha value is -2.78. The molecule has 1 fully saturated rings. The van der Waals surface area contributed by atoms with Gasteiger partial charge in [-0.25, -0.2) is 13.2 Å². The SMILES string of the molecule is O=C(O)COc1ccc(S(=O)(=O)Nc2ccc(NC(=O)C3CC3)cc2)cc1Cl. The molecule has 28 heavy (non-hydrogen) atoms. The number of ether oxygens (including phenoxy) is 1. The number of carbonyl (C=O) groups excluding carboxylic acids is 1. The molecule has 1 aliphatic rings. The average Bonchev–Trinajstić information content (AvgIpc) is 3.47. The predicted octanol–water partition coefficient (Wildman–Crippen LogP) is 2.95. The molecule has 10 heteroatoms. The summed E-state index contributed by atoms with van der Waals surface area (Å²) in [4.78, 5) is 22.2. The third-order valence-electron chi connectivity index (χ3n) is 3.92. The van der Waals surface area contributed by atoms with E-state index in [1.54, 1.807) is 12.1 Å². The quantitative estimate of drug-likeness (QED) is 0.598. The van der Waals surface area contributed by atoms with E-state index in [4.69, 9.17) is 21.4 Å². The summed E-state index contributed by atoms with van der Waals surface area (Å²) in [5, 5.41) is 11.4. The molecule has 0 spiro atoms. The first-order chi connectivity index (χ1) is 13.2. The van der Waals surface area contributed by atoms with Gasteiger partial charge in [-0.2, -0.15) is 0 Å². The summed E-state index contributed by atoms with van der Waals surface area (Å²) in [6.07, 6.45) is 1.79. The standard InChI is InChI=1S/C18H17ClN2O6S/c19-15-9-14(7-8-16(15)27-10-17(22)23)28(25,26)21-13-5-3-12(4-6-13)20-18(24)11-1-2-11/h3-9,11,21H,1-2,10H2,(H,20,24)(H,22,23). The summed E-state index contributed by atoms with van der Waals surface area (Å²) < 4.78 is 32.4. The first-order valence-electron chi connectivity index (χ1n) is 8.32. The summed E-state index contributed by atoms with van der Waals surface area (Å²) in [5.41, 5.74) is 0.898. The van der Waals surface area contributed by atoms with Crippen LogP contribution in [0.4, 0.5) is 11.4 Å². The molecule has 1 saturated carbocycles. The molecule has 2 aromatic carbocycles. The number of carboxylic acid groups (broad SMARTS) is 1. The Bertz CT molecular complexity index is 1000. The fourth-order valence-corrected chi connectivity index (χ4v) is 3.72. The van der Waals surface area contributed by atoms with Gasteiger partial charge in [0, 0.05) is 17.3 Å². The van der Waals surface area contributed by atoms with Crippen LogP contribution in [0.25, 0.3) is 0 Å². The number of carboxylic acids is 1. The zero-order valence-electron chi connectivity index (χ0n) is 14.5. The zero-order chi connectivity index (χ0) is 20.3. The van der Waals surface area contributed by atoms with E-state index in [-0.39, 0.29) is 27.5 Å². The summed E-state index contributed by atoms with van der Waals surface area (Å²) in [6.45, 7) is -0.590. The molecule has 0 bridgehead atoms. The van der Waals surface area contributed by atoms with Crippen LogP contribution in [0.15, 0.2) is 47.4 Å². The molecule has 2 aromatic rings. The minimum Gasteiger partial charge on any atom is -0.480 e. The van der Waals surface area contributed by atoms with Crippen molar-refractivity contribution in [1.29, 1.82) is 0 Å². The van der Waals surface area contributed by atoms with Crippen molar-refractivity contribution in [3.05, 3.63) is 47.5 Å². The summed E-state index contributed by atoms with van der Waals surface area (Å²) in [6, 6.07) is 10.00. The van der Waals surface area contributed by atoms with Gasteiger partial charge in [-0.3, -0.25) is 9.52 Å². The zero-order valence-corrected chi connectivity index (χ0v) is 16.1. The second kappa shape index (κ2) is 8.07. The topological polar surface area (TPSA) is 122 Å². The second-order valence-corrected chi connectivity index (χ2v) is 8.31. The predicted molar refractivity (Wildman–Crippen MR) is 103 cm³/mol. The third-order valence-corrected chi connectivity index (χ3v) is 5.59. The highest BCUT2D eigenvalue weighted by molar-refractivity contribution is 7.92. The van der Waals surface area contributed by atoms with Gasteiger partial charge in [0.1, 0.15) is 5.75 Å². The van der Waals surface area contributed by atoms with Gasteiger partial charge in [0.15, 0.2) is 6.61 Å². The number of hydrogen-bond donors (Lipinski definition) is 3. The van der Waals surface area contributed by atoms with Crippen molar-refractivity contribution >= 4 is 44.9 Å². The van der Waals surface area contributed by atoms with Crippen LogP contribution < -0.4 is 14.8 Å². The van der Waals surface area contributed by atoms with Crippen molar-refractivity contribution in [3.63, 3.8) is 0 Å². The van der Waals surface area contributed by atoms with Crippen molar-refractivity contribution in [2.24, 2.45) is 5.92 Å². The van der Waals surface area contributed by atoms with E-state index >= 15 is 0 Å². The van der Waals surface area contributed by atoms with Gasteiger partial charge in [-0.05, 0) is 55.3 Å². The Morgan fingerprint density at radius 2 is 1.75 bits per heavy atom. The van der Waals surface area contributed by atoms with Gasteiger partial charge in [-0.1, -0.05) is 11.6 Å². The van der Waals surface area contributed by atoms with Crippen molar-refractivity contribution in [2.75, 3.05) is 16.6 Å². The fraction of sp³-hybridized carbons (Fsp3) is 0.222. The van der Waals surface area contributed by atoms with Gasteiger partial charge >= 0.3 is 5.97 Å². The molecule has 1 aliphatic carbocycles. The number of nitrogens with one attached hydrogen (secondary N) is 2. The molecule has 0 heterocycles. The van der Waals surface area contributed by atoms with Crippen molar-refractivity contribution in [2.45, 2.75) is 17.7 Å². The van der Waals surface area contributed by atoms with E-state index in [1.807, 2.05) is 0 Å². The van der Waals surface area contributed by atoms with Gasteiger partial charge in [0.2, 0.25) is 5.91 Å². The maximum atomic E-state index is 12.5. The van der Waals surface area contributed by atoms with Crippen LogP contribution in [0.3, 0.4) is 0 Å². The number of carbonyl (C=O) groups is 2. The number of benzene rings is 2. The Labute approximate surface area is 166 Å². The highest BCUT2D eigenvalue weighted by Crippen LogP contribution is 2.31. The lowest BCUT2D eigenvalue weighted by Crippen LogP contribution is -2.14. The minimum absolute atomic E-state index is 0.0257. The lowest BCUT2D eigenvalue weighted by Gasteiger charge is -2.11. The molecule has 0 saturated heterocycles. The summed E-state index contributed by atoms with van der Waals surface area (Å²) in [7, 11) is -3.92. The number of anilines is 2. The maximum Gasteiger partial charge on any atom is 0.341 e. The first-order valence-corrected chi connectivity index (χ1v) is 10.2. The van der Waals surface area contributed by atoms with E-state index < -0.39 is 22.6 Å². The maximum absolute atomic E-state index is 12.5. The lowest BCUT2D eigenvalue weighted by molar-refractivity contribution is -0.139. The van der Waals surface area contributed by atoms with E-state index in [2.05, 4.69) is 10.0 Å². The molecule has 8 nitrogen and oxygen atoms in total. The number of hydrogen-bond acceptors (Lipinski definition) is 5. The second-order valence-electron chi connectivity index (χ2n) is 6.22. The summed E-state index contributed by atoms with van der Waals surface area (Å²) in [5.74, 6) is -1.07. The molecule has 0 atom stereocenters. The monoisotopic (exact) mass is 424 g/mol. The minimum atomic E-state index is -3.92. The molecule has 3 N–H and O–H groups in total. The summed E-state index contributed by atoms with van der Waals surface area (Å²) >= 11 is 5.97. The highest BCUT2D eigenvalue weighted by Gasteiger charge is 2.29. The molecule has 0 aliphatic heterocycles. The van der Waals surface area contributed by atoms with E-state index in [1.165, 1.54) is 30.3 Å². The van der Waals surface area contributed by atoms with Gasteiger partial charge < -0.3 is 15.2 Å². The molecular weight excluding hydrogens is 408 g/mol. The van der Waals surface area contributed by atoms with E-state index in [0.717, 1.165) is 12.8 Å². The molecule has 0 unspecified atom stereocenters. The molecular formula is C18H17ClN2O6S. The lowest BCUT2D eigenvalue weighted by atomic mass is 10.2. The first kappa shape index (κ1) is 20.0. The fourth-order valence-electron chi connectivity index (χ4n) is 2.33. The van der Waals surface area contributed by atoms with Crippen LogP contribution in [0.1, 0.15) is 12.8 Å². The van der Waals surface area contributed by atoms with Crippen LogP contribution in [0.5, 0.6) is 5.75 Å². The van der Waals surface area contributed by atoms with Crippen molar-refractivity contribution in [1.82, 2.24) is 0 Å². The van der Waals surface area contributed by atoms with Crippen LogP contribution in [0.2, 0.25) is 5.02 Å². The Morgan fingerprint density at radius 3 is 2.32 bits per heavy atom. The number of rotatable bonds is 8. The van der Waals surface area contributed by atoms with Crippen molar-refractivity contribution < 1.29 is 27.9 Å². The Balaban J connectivity index is 1.68. The van der Waals surface area contributed by atoms with Gasteiger partial charge in [-0.15, -0.1) is 0 Å². The molecule has 148 valence electrons. The normalized spacial score (nSPS) is 13.6. The Kier molecular flexibility index (Phi) is 5.76. The largest absolute Gasteiger partial charge is 0.480 e. The van der Waals surface area contributed by atoms with E-state index in [0.29, 0.717) is 11.4 Å². The highest BCUT2D eigenvalue weighted by atomic mass is 35.5. The van der Waals surface area contributed by atoms with Crippen LogP contribution in [-0.2, 0) is 19.6 Å². The van der Waals surface area contributed by atoms with Crippen LogP contribution in [-0.4, -0.2) is 32.0 Å². The van der Waals surface area contributed by atoms with Crippen molar-refractivity contribution in [3.8, 4) is 5.75 Å². The Morgan fingerprint density at radius 1 is 1.11 bits per heavy atom. The number of halogens is 1. The molecule has 1 amide bonds. The van der Waals surface area contributed by atoms with E-state index in [9.17, 15) is 18.0 Å². The smallest absolute Gasteiger partial charge is 0.341 e. The number of amides is 1. The van der Waals surface area contributed by atoms with Gasteiger partial charge in [0.25, 0.3) is 10.0 Å². The molecule has 0 aromatic heterocycles. The molecule has 0 radical (unpaired) electrons. The van der Waals surface area contributed by atoms with Crippen LogP contribution in [0, 0.1) is 5.92 Å². The van der Waals surface area contributed by atoms with Gasteiger partial charge in [0.05, 0.1) is 9.92 Å². The number of sulfonamides is 1. The average molecular weight is 425 g/mol. The molecule has 3 rings (SSSR count).